The molecule has 0 amide bonds. The van der Waals surface area contributed by atoms with Crippen LogP contribution in [-0.4, -0.2) is 11.3 Å². The summed E-state index contributed by atoms with van der Waals surface area (Å²) in [4.78, 5) is 11.9. The number of allylic oxidation sites excluding steroid dienone is 1. The van der Waals surface area contributed by atoms with Gasteiger partial charge in [0.15, 0.2) is 5.78 Å². The molecule has 1 aromatic rings. The van der Waals surface area contributed by atoms with Gasteiger partial charge in [-0.3, -0.25) is 4.79 Å². The standard InChI is InChI=1S/C15H21NO/c1-5-13(17)11(2)14(15(3,4)16)12-9-7-6-8-10-12/h6-10H,5,16H2,1-4H3/b14-11+. The van der Waals surface area contributed by atoms with E-state index in [4.69, 9.17) is 5.73 Å². The number of benzene rings is 1. The van der Waals surface area contributed by atoms with Crippen molar-refractivity contribution in [2.24, 2.45) is 5.73 Å². The second-order valence-electron chi connectivity index (χ2n) is 4.86. The van der Waals surface area contributed by atoms with Crippen LogP contribution in [0.2, 0.25) is 0 Å². The highest BCUT2D eigenvalue weighted by Crippen LogP contribution is 2.29. The van der Waals surface area contributed by atoms with Crippen LogP contribution in [0.3, 0.4) is 0 Å². The molecule has 0 aromatic heterocycles. The van der Waals surface area contributed by atoms with Crippen molar-refractivity contribution < 1.29 is 4.79 Å². The van der Waals surface area contributed by atoms with Crippen molar-refractivity contribution >= 4 is 11.4 Å². The molecular weight excluding hydrogens is 210 g/mol. The average Bonchev–Trinajstić information content (AvgIpc) is 2.27. The highest BCUT2D eigenvalue weighted by Gasteiger charge is 2.23. The first-order valence-electron chi connectivity index (χ1n) is 5.96. The summed E-state index contributed by atoms with van der Waals surface area (Å²) in [5.74, 6) is 0.155. The van der Waals surface area contributed by atoms with E-state index < -0.39 is 5.54 Å². The number of carbonyl (C=O) groups is 1. The molecule has 1 aromatic carbocycles. The van der Waals surface area contributed by atoms with E-state index in [9.17, 15) is 4.79 Å². The Morgan fingerprint density at radius 2 is 1.76 bits per heavy atom. The van der Waals surface area contributed by atoms with Crippen LogP contribution < -0.4 is 5.73 Å². The van der Waals surface area contributed by atoms with Crippen LogP contribution in [0.25, 0.3) is 5.57 Å². The van der Waals surface area contributed by atoms with Crippen LogP contribution in [0.1, 0.15) is 39.7 Å². The van der Waals surface area contributed by atoms with E-state index in [2.05, 4.69) is 0 Å². The summed E-state index contributed by atoms with van der Waals surface area (Å²) in [5, 5.41) is 0. The minimum atomic E-state index is -0.518. The number of Topliss-reactive ketones (excluding diaryl/α,β-unsaturated/α-hetero) is 1. The van der Waals surface area contributed by atoms with E-state index in [-0.39, 0.29) is 5.78 Å². The Kier molecular flexibility index (Phi) is 4.24. The molecule has 0 aliphatic carbocycles. The van der Waals surface area contributed by atoms with E-state index in [1.165, 1.54) is 0 Å². The molecule has 0 unspecified atom stereocenters. The Hall–Kier alpha value is -1.41. The van der Waals surface area contributed by atoms with Gasteiger partial charge in [0.1, 0.15) is 0 Å². The third kappa shape index (κ3) is 3.27. The van der Waals surface area contributed by atoms with Gasteiger partial charge >= 0.3 is 0 Å². The Labute approximate surface area is 104 Å². The summed E-state index contributed by atoms with van der Waals surface area (Å²) in [5.41, 5.74) is 8.41. The van der Waals surface area contributed by atoms with Crippen LogP contribution >= 0.6 is 0 Å². The van der Waals surface area contributed by atoms with Crippen molar-refractivity contribution in [3.8, 4) is 0 Å². The highest BCUT2D eigenvalue weighted by atomic mass is 16.1. The zero-order chi connectivity index (χ0) is 13.1. The molecule has 0 fully saturated rings. The zero-order valence-electron chi connectivity index (χ0n) is 11.1. The molecule has 2 N–H and O–H groups in total. The Morgan fingerprint density at radius 3 is 2.18 bits per heavy atom. The summed E-state index contributed by atoms with van der Waals surface area (Å²) in [6.45, 7) is 7.60. The molecule has 0 aliphatic rings. The molecule has 0 heterocycles. The third-order valence-corrected chi connectivity index (χ3v) is 2.82. The molecule has 0 aliphatic heterocycles. The number of nitrogens with two attached hydrogens (primary N) is 1. The van der Waals surface area contributed by atoms with Crippen LogP contribution in [-0.2, 0) is 4.79 Å². The van der Waals surface area contributed by atoms with E-state index in [1.54, 1.807) is 0 Å². The lowest BCUT2D eigenvalue weighted by atomic mass is 9.84. The smallest absolute Gasteiger partial charge is 0.158 e. The van der Waals surface area contributed by atoms with Gasteiger partial charge in [-0.1, -0.05) is 37.3 Å². The maximum absolute atomic E-state index is 11.9. The first kappa shape index (κ1) is 13.7. The van der Waals surface area contributed by atoms with Crippen molar-refractivity contribution in [3.63, 3.8) is 0 Å². The molecule has 2 nitrogen and oxygen atoms in total. The summed E-state index contributed by atoms with van der Waals surface area (Å²) < 4.78 is 0. The normalized spacial score (nSPS) is 13.2. The van der Waals surface area contributed by atoms with E-state index in [0.29, 0.717) is 6.42 Å². The molecule has 0 saturated carbocycles. The van der Waals surface area contributed by atoms with E-state index >= 15 is 0 Å². The van der Waals surface area contributed by atoms with E-state index in [1.807, 2.05) is 58.0 Å². The molecule has 0 bridgehead atoms. The van der Waals surface area contributed by atoms with Gasteiger partial charge in [-0.25, -0.2) is 0 Å². The SMILES string of the molecule is CCC(=O)/C(C)=C(\c1ccccc1)C(C)(C)N. The lowest BCUT2D eigenvalue weighted by molar-refractivity contribution is -0.115. The first-order chi connectivity index (χ1) is 7.88. The first-order valence-corrected chi connectivity index (χ1v) is 5.96. The average molecular weight is 231 g/mol. The predicted octanol–water partition coefficient (Wildman–Crippen LogP) is 3.18. The highest BCUT2D eigenvalue weighted by molar-refractivity contribution is 6.03. The van der Waals surface area contributed by atoms with Gasteiger partial charge in [0.2, 0.25) is 0 Å². The van der Waals surface area contributed by atoms with E-state index in [0.717, 1.165) is 16.7 Å². The Bertz CT molecular complexity index is 424. The number of rotatable bonds is 4. The Morgan fingerprint density at radius 1 is 1.24 bits per heavy atom. The van der Waals surface area contributed by atoms with Crippen molar-refractivity contribution in [1.29, 1.82) is 0 Å². The maximum Gasteiger partial charge on any atom is 0.158 e. The summed E-state index contributed by atoms with van der Waals surface area (Å²) >= 11 is 0. The number of ketones is 1. The fourth-order valence-corrected chi connectivity index (χ4v) is 2.08. The third-order valence-electron chi connectivity index (χ3n) is 2.82. The van der Waals surface area contributed by atoms with Gasteiger partial charge in [-0.05, 0) is 37.5 Å². The Balaban J connectivity index is 3.38. The molecule has 17 heavy (non-hydrogen) atoms. The molecule has 0 saturated heterocycles. The molecule has 0 spiro atoms. The minimum Gasteiger partial charge on any atom is -0.322 e. The monoisotopic (exact) mass is 231 g/mol. The summed E-state index contributed by atoms with van der Waals surface area (Å²) in [6.07, 6.45) is 0.512. The zero-order valence-corrected chi connectivity index (χ0v) is 11.1. The van der Waals surface area contributed by atoms with Crippen molar-refractivity contribution in [3.05, 3.63) is 41.5 Å². The predicted molar refractivity (Wildman–Crippen MR) is 72.6 cm³/mol. The van der Waals surface area contributed by atoms with Crippen LogP contribution in [0.5, 0.6) is 0 Å². The van der Waals surface area contributed by atoms with Gasteiger partial charge in [0.05, 0.1) is 0 Å². The molecule has 0 radical (unpaired) electrons. The maximum atomic E-state index is 11.9. The second-order valence-corrected chi connectivity index (χ2v) is 4.86. The van der Waals surface area contributed by atoms with Crippen molar-refractivity contribution in [1.82, 2.24) is 0 Å². The van der Waals surface area contributed by atoms with Gasteiger partial charge in [0, 0.05) is 12.0 Å². The van der Waals surface area contributed by atoms with Crippen LogP contribution in [0.15, 0.2) is 35.9 Å². The van der Waals surface area contributed by atoms with Crippen LogP contribution in [0, 0.1) is 0 Å². The second kappa shape index (κ2) is 5.28. The number of hydrogen-bond donors (Lipinski definition) is 1. The van der Waals surface area contributed by atoms with Gasteiger partial charge in [0.25, 0.3) is 0 Å². The molecule has 1 rings (SSSR count). The largest absolute Gasteiger partial charge is 0.322 e. The number of carbonyl (C=O) groups excluding carboxylic acids is 1. The van der Waals surface area contributed by atoms with Gasteiger partial charge < -0.3 is 5.73 Å². The fraction of sp³-hybridized carbons (Fsp3) is 0.400. The summed E-state index contributed by atoms with van der Waals surface area (Å²) in [6, 6.07) is 9.88. The van der Waals surface area contributed by atoms with Crippen molar-refractivity contribution in [2.45, 2.75) is 39.7 Å². The van der Waals surface area contributed by atoms with Gasteiger partial charge in [-0.15, -0.1) is 0 Å². The van der Waals surface area contributed by atoms with Gasteiger partial charge in [-0.2, -0.15) is 0 Å². The topological polar surface area (TPSA) is 43.1 Å². The molecular formula is C15H21NO. The molecule has 0 atom stereocenters. The summed E-state index contributed by atoms with van der Waals surface area (Å²) in [7, 11) is 0. The molecule has 2 heteroatoms. The molecule has 92 valence electrons. The lowest BCUT2D eigenvalue weighted by Crippen LogP contribution is -2.35. The van der Waals surface area contributed by atoms with Crippen LogP contribution in [0.4, 0.5) is 0 Å². The number of hydrogen-bond acceptors (Lipinski definition) is 2. The quantitative estimate of drug-likeness (QED) is 0.809. The lowest BCUT2D eigenvalue weighted by Gasteiger charge is -2.25. The van der Waals surface area contributed by atoms with Crippen molar-refractivity contribution in [2.75, 3.05) is 0 Å². The fourth-order valence-electron chi connectivity index (χ4n) is 2.08. The minimum absolute atomic E-state index is 0.155.